The molecule has 21 heavy (non-hydrogen) atoms. The highest BCUT2D eigenvalue weighted by molar-refractivity contribution is 5.42. The standard InChI is InChI=1S/C18H33N3/c1-8-9-16-10-15(12-19-14(2)3)11-17(20-16)21(7)13-18(4,5)6/h10-11,14,19H,8-9,12-13H2,1-7H3. The second-order valence-electron chi connectivity index (χ2n) is 7.53. The molecule has 1 N–H and O–H groups in total. The van der Waals surface area contributed by atoms with Crippen molar-refractivity contribution >= 4 is 5.82 Å². The Bertz CT molecular complexity index is 433. The number of nitrogens with zero attached hydrogens (tertiary/aromatic N) is 2. The molecule has 120 valence electrons. The van der Waals surface area contributed by atoms with Crippen molar-refractivity contribution in [2.45, 2.75) is 67.0 Å². The van der Waals surface area contributed by atoms with Crippen LogP contribution >= 0.6 is 0 Å². The zero-order valence-corrected chi connectivity index (χ0v) is 15.0. The van der Waals surface area contributed by atoms with Crippen molar-refractivity contribution in [1.29, 1.82) is 0 Å². The Morgan fingerprint density at radius 1 is 1.24 bits per heavy atom. The predicted molar refractivity (Wildman–Crippen MR) is 92.9 cm³/mol. The molecule has 0 amide bonds. The number of pyridine rings is 1. The first kappa shape index (κ1) is 18.0. The average molecular weight is 291 g/mol. The van der Waals surface area contributed by atoms with E-state index in [9.17, 15) is 0 Å². The van der Waals surface area contributed by atoms with Gasteiger partial charge in [0, 0.05) is 31.9 Å². The van der Waals surface area contributed by atoms with Crippen LogP contribution in [0.1, 0.15) is 59.2 Å². The topological polar surface area (TPSA) is 28.2 Å². The normalized spacial score (nSPS) is 12.0. The molecule has 0 aliphatic rings. The summed E-state index contributed by atoms with van der Waals surface area (Å²) in [6.07, 6.45) is 2.18. The number of aromatic nitrogens is 1. The molecule has 0 spiro atoms. The minimum atomic E-state index is 0.271. The molecule has 0 bridgehead atoms. The van der Waals surface area contributed by atoms with E-state index in [0.717, 1.165) is 31.7 Å². The SMILES string of the molecule is CCCc1cc(CNC(C)C)cc(N(C)CC(C)(C)C)n1. The average Bonchev–Trinajstić information content (AvgIpc) is 2.34. The molecule has 0 aliphatic heterocycles. The van der Waals surface area contributed by atoms with E-state index in [0.29, 0.717) is 6.04 Å². The summed E-state index contributed by atoms with van der Waals surface area (Å²) in [6.45, 7) is 15.3. The van der Waals surface area contributed by atoms with Crippen LogP contribution in [-0.4, -0.2) is 24.6 Å². The van der Waals surface area contributed by atoms with Gasteiger partial charge in [0.1, 0.15) is 5.82 Å². The molecule has 0 unspecified atom stereocenters. The molecular formula is C18H33N3. The summed E-state index contributed by atoms with van der Waals surface area (Å²) >= 11 is 0. The number of hydrogen-bond acceptors (Lipinski definition) is 3. The number of rotatable bonds is 7. The van der Waals surface area contributed by atoms with Crippen molar-refractivity contribution in [2.24, 2.45) is 5.41 Å². The molecule has 1 aromatic heterocycles. The molecule has 0 aliphatic carbocycles. The van der Waals surface area contributed by atoms with Crippen molar-refractivity contribution in [3.05, 3.63) is 23.4 Å². The minimum absolute atomic E-state index is 0.271. The Morgan fingerprint density at radius 2 is 1.90 bits per heavy atom. The lowest BCUT2D eigenvalue weighted by Gasteiger charge is -2.28. The third-order valence-corrected chi connectivity index (χ3v) is 3.25. The second kappa shape index (κ2) is 7.79. The molecule has 1 aromatic rings. The first-order valence-electron chi connectivity index (χ1n) is 8.15. The summed E-state index contributed by atoms with van der Waals surface area (Å²) in [5, 5.41) is 3.50. The second-order valence-corrected chi connectivity index (χ2v) is 7.53. The van der Waals surface area contributed by atoms with Gasteiger partial charge in [0.2, 0.25) is 0 Å². The van der Waals surface area contributed by atoms with Crippen molar-refractivity contribution < 1.29 is 0 Å². The highest BCUT2D eigenvalue weighted by Gasteiger charge is 2.15. The van der Waals surface area contributed by atoms with E-state index in [-0.39, 0.29) is 5.41 Å². The molecule has 1 rings (SSSR count). The van der Waals surface area contributed by atoms with Gasteiger partial charge in [0.25, 0.3) is 0 Å². The summed E-state index contributed by atoms with van der Waals surface area (Å²) in [5.41, 5.74) is 2.81. The third kappa shape index (κ3) is 6.94. The Labute approximate surface area is 131 Å². The van der Waals surface area contributed by atoms with E-state index in [2.05, 4.69) is 70.9 Å². The van der Waals surface area contributed by atoms with Gasteiger partial charge in [-0.1, -0.05) is 48.0 Å². The molecule has 3 heteroatoms. The maximum Gasteiger partial charge on any atom is 0.128 e. The van der Waals surface area contributed by atoms with Crippen LogP contribution in [0.3, 0.4) is 0 Å². The third-order valence-electron chi connectivity index (χ3n) is 3.25. The van der Waals surface area contributed by atoms with Gasteiger partial charge in [-0.2, -0.15) is 0 Å². The van der Waals surface area contributed by atoms with Gasteiger partial charge in [-0.05, 0) is 29.5 Å². The molecule has 3 nitrogen and oxygen atoms in total. The monoisotopic (exact) mass is 291 g/mol. The van der Waals surface area contributed by atoms with Crippen LogP contribution in [0.5, 0.6) is 0 Å². The summed E-state index contributed by atoms with van der Waals surface area (Å²) in [6, 6.07) is 4.97. The summed E-state index contributed by atoms with van der Waals surface area (Å²) < 4.78 is 0. The molecule has 0 fully saturated rings. The van der Waals surface area contributed by atoms with E-state index in [1.165, 1.54) is 11.3 Å². The van der Waals surface area contributed by atoms with Gasteiger partial charge in [-0.25, -0.2) is 4.98 Å². The number of aryl methyl sites for hydroxylation is 1. The fourth-order valence-electron chi connectivity index (χ4n) is 2.43. The molecule has 0 saturated heterocycles. The van der Waals surface area contributed by atoms with Crippen LogP contribution in [0.15, 0.2) is 12.1 Å². The van der Waals surface area contributed by atoms with Gasteiger partial charge >= 0.3 is 0 Å². The van der Waals surface area contributed by atoms with E-state index < -0.39 is 0 Å². The number of anilines is 1. The fraction of sp³-hybridized carbons (Fsp3) is 0.722. The first-order valence-corrected chi connectivity index (χ1v) is 8.15. The highest BCUT2D eigenvalue weighted by Crippen LogP contribution is 2.21. The maximum atomic E-state index is 4.83. The van der Waals surface area contributed by atoms with Crippen molar-refractivity contribution in [1.82, 2.24) is 10.3 Å². The van der Waals surface area contributed by atoms with Crippen LogP contribution in [0.2, 0.25) is 0 Å². The first-order chi connectivity index (χ1) is 9.71. The lowest BCUT2D eigenvalue weighted by Crippen LogP contribution is -2.30. The number of hydrogen-bond donors (Lipinski definition) is 1. The van der Waals surface area contributed by atoms with E-state index >= 15 is 0 Å². The Kier molecular flexibility index (Phi) is 6.66. The molecule has 0 saturated carbocycles. The molecule has 0 radical (unpaired) electrons. The predicted octanol–water partition coefficient (Wildman–Crippen LogP) is 4.01. The lowest BCUT2D eigenvalue weighted by atomic mass is 9.96. The maximum absolute atomic E-state index is 4.83. The van der Waals surface area contributed by atoms with Gasteiger partial charge in [0.05, 0.1) is 0 Å². The molecule has 1 heterocycles. The smallest absolute Gasteiger partial charge is 0.128 e. The quantitative estimate of drug-likeness (QED) is 0.822. The van der Waals surface area contributed by atoms with Crippen LogP contribution in [0.4, 0.5) is 5.82 Å². The van der Waals surface area contributed by atoms with Crippen molar-refractivity contribution in [3.63, 3.8) is 0 Å². The van der Waals surface area contributed by atoms with Gasteiger partial charge in [0.15, 0.2) is 0 Å². The Balaban J connectivity index is 2.95. The highest BCUT2D eigenvalue weighted by atomic mass is 15.2. The van der Waals surface area contributed by atoms with E-state index in [1.807, 2.05) is 0 Å². The minimum Gasteiger partial charge on any atom is -0.359 e. The largest absolute Gasteiger partial charge is 0.359 e. The summed E-state index contributed by atoms with van der Waals surface area (Å²) in [5.74, 6) is 1.09. The lowest BCUT2D eigenvalue weighted by molar-refractivity contribution is 0.417. The van der Waals surface area contributed by atoms with E-state index in [4.69, 9.17) is 4.98 Å². The Hall–Kier alpha value is -1.09. The zero-order valence-electron chi connectivity index (χ0n) is 15.0. The van der Waals surface area contributed by atoms with Gasteiger partial charge in [-0.3, -0.25) is 0 Å². The zero-order chi connectivity index (χ0) is 16.0. The summed E-state index contributed by atoms with van der Waals surface area (Å²) in [4.78, 5) is 7.11. The van der Waals surface area contributed by atoms with Crippen LogP contribution < -0.4 is 10.2 Å². The fourth-order valence-corrected chi connectivity index (χ4v) is 2.43. The van der Waals surface area contributed by atoms with Crippen LogP contribution in [-0.2, 0) is 13.0 Å². The Morgan fingerprint density at radius 3 is 2.43 bits per heavy atom. The molecule has 0 aromatic carbocycles. The van der Waals surface area contributed by atoms with Gasteiger partial charge in [-0.15, -0.1) is 0 Å². The molecular weight excluding hydrogens is 258 g/mol. The summed E-state index contributed by atoms with van der Waals surface area (Å²) in [7, 11) is 2.14. The van der Waals surface area contributed by atoms with Crippen molar-refractivity contribution in [3.8, 4) is 0 Å². The van der Waals surface area contributed by atoms with Crippen molar-refractivity contribution in [2.75, 3.05) is 18.5 Å². The van der Waals surface area contributed by atoms with E-state index in [1.54, 1.807) is 0 Å². The molecule has 0 atom stereocenters. The van der Waals surface area contributed by atoms with Gasteiger partial charge < -0.3 is 10.2 Å². The van der Waals surface area contributed by atoms with Crippen LogP contribution in [0, 0.1) is 5.41 Å². The number of nitrogens with one attached hydrogen (secondary N) is 1. The van der Waals surface area contributed by atoms with Crippen LogP contribution in [0.25, 0.3) is 0 Å².